The van der Waals surface area contributed by atoms with E-state index < -0.39 is 24.7 Å². The van der Waals surface area contributed by atoms with E-state index in [1.165, 1.54) is 0 Å². The molecular weight excluding hydrogens is 329 g/mol. The molecular formula is C10H7Cl2N3O4S. The van der Waals surface area contributed by atoms with Crippen LogP contribution in [-0.2, 0) is 15.6 Å². The molecule has 0 saturated carbocycles. The van der Waals surface area contributed by atoms with Crippen LogP contribution in [0.1, 0.15) is 5.56 Å². The van der Waals surface area contributed by atoms with Crippen molar-refractivity contribution >= 4 is 37.2 Å². The molecule has 1 aromatic heterocycles. The first-order chi connectivity index (χ1) is 9.27. The highest BCUT2D eigenvalue weighted by molar-refractivity contribution is 8.13. The SMILES string of the molecule is O=[N+]([O-])c1nn(Cc2ccc(Cl)cc2)cc1S(=O)(=O)Cl. The molecule has 2 rings (SSSR count). The zero-order chi connectivity index (χ0) is 14.9. The Kier molecular flexibility index (Phi) is 3.98. The topological polar surface area (TPSA) is 95.1 Å². The van der Waals surface area contributed by atoms with E-state index >= 15 is 0 Å². The lowest BCUT2D eigenvalue weighted by molar-refractivity contribution is -0.392. The Morgan fingerprint density at radius 1 is 1.30 bits per heavy atom. The van der Waals surface area contributed by atoms with Crippen molar-refractivity contribution in [1.82, 2.24) is 9.78 Å². The normalized spacial score (nSPS) is 11.5. The molecule has 0 fully saturated rings. The Morgan fingerprint density at radius 3 is 2.35 bits per heavy atom. The minimum atomic E-state index is -4.23. The molecule has 0 radical (unpaired) electrons. The second-order valence-corrected chi connectivity index (χ2v) is 6.81. The number of benzene rings is 1. The summed E-state index contributed by atoms with van der Waals surface area (Å²) in [6, 6.07) is 6.69. The summed E-state index contributed by atoms with van der Waals surface area (Å²) in [7, 11) is 0.911. The van der Waals surface area contributed by atoms with E-state index in [0.717, 1.165) is 16.4 Å². The Labute approximate surface area is 123 Å². The number of nitro groups is 1. The molecule has 0 aliphatic rings. The Hall–Kier alpha value is -1.64. The minimum Gasteiger partial charge on any atom is -0.358 e. The van der Waals surface area contributed by atoms with Crippen molar-refractivity contribution in [2.45, 2.75) is 11.4 Å². The van der Waals surface area contributed by atoms with E-state index in [1.54, 1.807) is 24.3 Å². The van der Waals surface area contributed by atoms with Gasteiger partial charge in [0.15, 0.2) is 0 Å². The van der Waals surface area contributed by atoms with E-state index in [-0.39, 0.29) is 6.54 Å². The molecule has 0 unspecified atom stereocenters. The fourth-order valence-corrected chi connectivity index (χ4v) is 2.58. The summed E-state index contributed by atoms with van der Waals surface area (Å²) >= 11 is 5.74. The number of rotatable bonds is 4. The monoisotopic (exact) mass is 335 g/mol. The maximum Gasteiger partial charge on any atom is 0.410 e. The van der Waals surface area contributed by atoms with Gasteiger partial charge in [-0.3, -0.25) is 0 Å². The number of hydrogen-bond donors (Lipinski definition) is 0. The smallest absolute Gasteiger partial charge is 0.358 e. The summed E-state index contributed by atoms with van der Waals surface area (Å²) in [5.74, 6) is -0.797. The standard InChI is InChI=1S/C10H7Cl2N3O4S/c11-8-3-1-7(2-4-8)5-14-6-9(20(12,18)19)10(13-14)15(16)17/h1-4,6H,5H2. The maximum atomic E-state index is 11.3. The van der Waals surface area contributed by atoms with E-state index in [4.69, 9.17) is 22.3 Å². The third-order valence-corrected chi connectivity index (χ3v) is 3.97. The van der Waals surface area contributed by atoms with Crippen molar-refractivity contribution in [2.75, 3.05) is 0 Å². The molecule has 0 aliphatic carbocycles. The van der Waals surface area contributed by atoms with Gasteiger partial charge in [0.1, 0.15) is 0 Å². The van der Waals surface area contributed by atoms with E-state index in [1.807, 2.05) is 0 Å². The minimum absolute atomic E-state index is 0.157. The van der Waals surface area contributed by atoms with E-state index in [2.05, 4.69) is 5.10 Å². The van der Waals surface area contributed by atoms with E-state index in [0.29, 0.717) is 5.02 Å². The quantitative estimate of drug-likeness (QED) is 0.485. The third kappa shape index (κ3) is 3.27. The van der Waals surface area contributed by atoms with Gasteiger partial charge in [-0.05, 0) is 22.6 Å². The van der Waals surface area contributed by atoms with Crippen molar-refractivity contribution in [3.63, 3.8) is 0 Å². The Balaban J connectivity index is 2.39. The van der Waals surface area contributed by atoms with Crippen LogP contribution in [0, 0.1) is 10.1 Å². The van der Waals surface area contributed by atoms with Gasteiger partial charge in [0.05, 0.1) is 17.8 Å². The molecule has 0 saturated heterocycles. The molecule has 0 atom stereocenters. The zero-order valence-corrected chi connectivity index (χ0v) is 12.1. The molecule has 1 aromatic carbocycles. The van der Waals surface area contributed by atoms with Gasteiger partial charge < -0.3 is 10.1 Å². The number of halogens is 2. The Morgan fingerprint density at radius 2 is 1.90 bits per heavy atom. The third-order valence-electron chi connectivity index (χ3n) is 2.40. The first-order valence-corrected chi connectivity index (χ1v) is 7.87. The lowest BCUT2D eigenvalue weighted by atomic mass is 10.2. The highest BCUT2D eigenvalue weighted by Crippen LogP contribution is 2.25. The summed E-state index contributed by atoms with van der Waals surface area (Å²) in [4.78, 5) is 9.25. The van der Waals surface area contributed by atoms with Crippen molar-refractivity contribution < 1.29 is 13.3 Å². The van der Waals surface area contributed by atoms with Gasteiger partial charge in [-0.2, -0.15) is 4.68 Å². The molecule has 20 heavy (non-hydrogen) atoms. The van der Waals surface area contributed by atoms with Gasteiger partial charge in [0, 0.05) is 15.7 Å². The summed E-state index contributed by atoms with van der Waals surface area (Å²) in [5.41, 5.74) is 0.755. The molecule has 10 heteroatoms. The summed E-state index contributed by atoms with van der Waals surface area (Å²) in [6.45, 7) is 0.157. The van der Waals surface area contributed by atoms with Crippen molar-refractivity contribution in [3.8, 4) is 0 Å². The highest BCUT2D eigenvalue weighted by Gasteiger charge is 2.29. The van der Waals surface area contributed by atoms with Crippen LogP contribution in [0.4, 0.5) is 5.82 Å². The average molecular weight is 336 g/mol. The summed E-state index contributed by atoms with van der Waals surface area (Å²) in [6.07, 6.45) is 1.02. The largest absolute Gasteiger partial charge is 0.410 e. The van der Waals surface area contributed by atoms with Gasteiger partial charge in [0.25, 0.3) is 9.05 Å². The van der Waals surface area contributed by atoms with Crippen molar-refractivity contribution in [2.24, 2.45) is 0 Å². The van der Waals surface area contributed by atoms with E-state index in [9.17, 15) is 18.5 Å². The molecule has 0 amide bonds. The zero-order valence-electron chi connectivity index (χ0n) is 9.73. The van der Waals surface area contributed by atoms with Crippen LogP contribution in [-0.4, -0.2) is 23.1 Å². The maximum absolute atomic E-state index is 11.3. The molecule has 0 spiro atoms. The van der Waals surface area contributed by atoms with Gasteiger partial charge in [-0.1, -0.05) is 23.7 Å². The van der Waals surface area contributed by atoms with Gasteiger partial charge in [0.2, 0.25) is 4.90 Å². The van der Waals surface area contributed by atoms with Gasteiger partial charge in [-0.25, -0.2) is 8.42 Å². The summed E-state index contributed by atoms with van der Waals surface area (Å²) in [5, 5.41) is 14.9. The second-order valence-electron chi connectivity index (χ2n) is 3.84. The molecule has 2 aromatic rings. The molecule has 1 heterocycles. The van der Waals surface area contributed by atoms with Crippen LogP contribution < -0.4 is 0 Å². The molecule has 0 aliphatic heterocycles. The fourth-order valence-electron chi connectivity index (χ4n) is 1.55. The van der Waals surface area contributed by atoms with Crippen LogP contribution in [0.2, 0.25) is 5.02 Å². The lowest BCUT2D eigenvalue weighted by Crippen LogP contribution is -2.01. The first kappa shape index (κ1) is 14.8. The predicted molar refractivity (Wildman–Crippen MR) is 72.5 cm³/mol. The van der Waals surface area contributed by atoms with Crippen LogP contribution >= 0.6 is 22.3 Å². The van der Waals surface area contributed by atoms with Crippen LogP contribution in [0.3, 0.4) is 0 Å². The number of nitrogens with zero attached hydrogens (tertiary/aromatic N) is 3. The number of aromatic nitrogens is 2. The fraction of sp³-hybridized carbons (Fsp3) is 0.100. The predicted octanol–water partition coefficient (Wildman–Crippen LogP) is 2.42. The highest BCUT2D eigenvalue weighted by atomic mass is 35.7. The van der Waals surface area contributed by atoms with Gasteiger partial charge >= 0.3 is 5.82 Å². The Bertz CT molecular complexity index is 755. The molecule has 0 N–H and O–H groups in total. The van der Waals surface area contributed by atoms with Crippen molar-refractivity contribution in [1.29, 1.82) is 0 Å². The first-order valence-electron chi connectivity index (χ1n) is 5.18. The number of hydrogen-bond acceptors (Lipinski definition) is 5. The second kappa shape index (κ2) is 5.39. The lowest BCUT2D eigenvalue weighted by Gasteiger charge is -1.98. The molecule has 0 bridgehead atoms. The van der Waals surface area contributed by atoms with Gasteiger partial charge in [-0.15, -0.1) is 0 Å². The molecule has 7 nitrogen and oxygen atoms in total. The van der Waals surface area contributed by atoms with Crippen molar-refractivity contribution in [3.05, 3.63) is 51.2 Å². The summed E-state index contributed by atoms with van der Waals surface area (Å²) < 4.78 is 23.7. The molecule has 106 valence electrons. The average Bonchev–Trinajstić information content (AvgIpc) is 2.76. The van der Waals surface area contributed by atoms with Crippen LogP contribution in [0.15, 0.2) is 35.4 Å². The van der Waals surface area contributed by atoms with Crippen LogP contribution in [0.25, 0.3) is 0 Å². The van der Waals surface area contributed by atoms with Crippen LogP contribution in [0.5, 0.6) is 0 Å².